The number of hydrogen-bond acceptors (Lipinski definition) is 20. The highest BCUT2D eigenvalue weighted by Crippen LogP contribution is 2.23. The number of rotatable bonds is 56. The van der Waals surface area contributed by atoms with Crippen molar-refractivity contribution in [2.24, 2.45) is 46.6 Å². The van der Waals surface area contributed by atoms with Crippen LogP contribution in [0.2, 0.25) is 0 Å². The standard InChI is InChI=1S/C57H109N13O12/c1-5-9-12-14-33-81-53(76)42-69(29-18-60)31-27-65-51(74)40-45(36-48(71)35-44(8-4)55(78)68-28-32-70(30-19-61)43-54(77)82-34-15-13-10-6-2)50(73)39-46(56(79)67-26-24-63-22-17-59)37-49(72)38-47(57(80)66-20-11-7-3)41-52(75)64-25-23-62-21-16-58/h44-47,62-63H,5-43,58-61H2,1-4H3,(H,64,75)(H,65,74)(H,66,80)(H,67,79)(H,68,78). The molecule has 82 heavy (non-hydrogen) atoms. The largest absolute Gasteiger partial charge is 0.465 e. The SMILES string of the molecule is CCCCCCOC(=O)CN(CCN)CCNC(=O)CC(CC(=O)CC(CC)C(=O)NCCN(CCN)CC(=O)OCCCCCC)C(=O)CC(CC(=O)CC(CC(=O)NCCNCCN)C(=O)NCCCC)C(=O)NCCNCCN. The summed E-state index contributed by atoms with van der Waals surface area (Å²) < 4.78 is 10.8. The summed E-state index contributed by atoms with van der Waals surface area (Å²) in [4.78, 5) is 139. The molecule has 0 aliphatic rings. The summed E-state index contributed by atoms with van der Waals surface area (Å²) in [5.41, 5.74) is 22.8. The van der Waals surface area contributed by atoms with Crippen LogP contribution in [0.5, 0.6) is 0 Å². The van der Waals surface area contributed by atoms with E-state index in [1.165, 1.54) is 0 Å². The van der Waals surface area contributed by atoms with Crippen molar-refractivity contribution in [3.8, 4) is 0 Å². The van der Waals surface area contributed by atoms with Crippen molar-refractivity contribution in [2.75, 3.05) is 138 Å². The topological polar surface area (TPSA) is 384 Å². The van der Waals surface area contributed by atoms with Crippen LogP contribution in [0, 0.1) is 23.7 Å². The van der Waals surface area contributed by atoms with Crippen LogP contribution in [0.4, 0.5) is 0 Å². The van der Waals surface area contributed by atoms with E-state index in [2.05, 4.69) is 51.1 Å². The van der Waals surface area contributed by atoms with Gasteiger partial charge in [0.05, 0.1) is 38.1 Å². The number of carbonyl (C=O) groups excluding carboxylic acids is 10. The molecule has 15 N–H and O–H groups in total. The molecule has 0 bridgehead atoms. The first-order valence-electron chi connectivity index (χ1n) is 30.4. The lowest BCUT2D eigenvalue weighted by Gasteiger charge is -2.23. The molecule has 474 valence electrons. The zero-order valence-electron chi connectivity index (χ0n) is 50.5. The second-order valence-electron chi connectivity index (χ2n) is 20.9. The Kier molecular flexibility index (Phi) is 48.4. The normalized spacial score (nSPS) is 12.7. The number of amides is 5. The van der Waals surface area contributed by atoms with E-state index in [9.17, 15) is 47.9 Å². The third-order valence-electron chi connectivity index (χ3n) is 13.6. The Hall–Kier alpha value is -5.02. The zero-order valence-corrected chi connectivity index (χ0v) is 50.5. The molecule has 0 fully saturated rings. The summed E-state index contributed by atoms with van der Waals surface area (Å²) >= 11 is 0. The van der Waals surface area contributed by atoms with Gasteiger partial charge in [-0.25, -0.2) is 0 Å². The average molecular weight is 1170 g/mol. The second-order valence-corrected chi connectivity index (χ2v) is 20.9. The van der Waals surface area contributed by atoms with Crippen LogP contribution >= 0.6 is 0 Å². The number of carbonyl (C=O) groups is 10. The van der Waals surface area contributed by atoms with E-state index in [0.29, 0.717) is 78.5 Å². The first-order chi connectivity index (χ1) is 39.5. The van der Waals surface area contributed by atoms with Gasteiger partial charge in [-0.3, -0.25) is 57.7 Å². The minimum Gasteiger partial charge on any atom is -0.465 e. The highest BCUT2D eigenvalue weighted by atomic mass is 16.5. The van der Waals surface area contributed by atoms with Crippen LogP contribution in [0.25, 0.3) is 0 Å². The van der Waals surface area contributed by atoms with Crippen LogP contribution in [-0.2, 0) is 57.4 Å². The van der Waals surface area contributed by atoms with Gasteiger partial charge in [-0.1, -0.05) is 72.6 Å². The molecule has 4 atom stereocenters. The maximum absolute atomic E-state index is 14.6. The molecule has 25 nitrogen and oxygen atoms in total. The van der Waals surface area contributed by atoms with Crippen LogP contribution < -0.4 is 60.2 Å². The van der Waals surface area contributed by atoms with Gasteiger partial charge in [0, 0.05) is 168 Å². The monoisotopic (exact) mass is 1170 g/mol. The lowest BCUT2D eigenvalue weighted by Crippen LogP contribution is -2.42. The van der Waals surface area contributed by atoms with Crippen LogP contribution in [0.3, 0.4) is 0 Å². The van der Waals surface area contributed by atoms with E-state index >= 15 is 0 Å². The number of esters is 2. The van der Waals surface area contributed by atoms with Crippen LogP contribution in [0.15, 0.2) is 0 Å². The molecule has 0 aromatic rings. The number of hydrogen-bond donors (Lipinski definition) is 11. The number of ether oxygens (including phenoxy) is 2. The van der Waals surface area contributed by atoms with Crippen molar-refractivity contribution in [2.45, 2.75) is 143 Å². The second kappa shape index (κ2) is 51.6. The van der Waals surface area contributed by atoms with E-state index < -0.39 is 115 Å². The van der Waals surface area contributed by atoms with Crippen molar-refractivity contribution in [1.82, 2.24) is 47.0 Å². The molecule has 0 aliphatic heterocycles. The lowest BCUT2D eigenvalue weighted by molar-refractivity contribution is -0.146. The summed E-state index contributed by atoms with van der Waals surface area (Å²) in [5.74, 6) is -9.64. The molecular weight excluding hydrogens is 1060 g/mol. The molecule has 4 unspecified atom stereocenters. The Morgan fingerprint density at radius 1 is 0.378 bits per heavy atom. The smallest absolute Gasteiger partial charge is 0.320 e. The highest BCUT2D eigenvalue weighted by molar-refractivity contribution is 5.97. The fourth-order valence-corrected chi connectivity index (χ4v) is 8.83. The Morgan fingerprint density at radius 3 is 1.26 bits per heavy atom. The van der Waals surface area contributed by atoms with Gasteiger partial charge in [-0.2, -0.15) is 0 Å². The first-order valence-corrected chi connectivity index (χ1v) is 30.4. The molecule has 0 aromatic carbocycles. The first kappa shape index (κ1) is 77.0. The molecule has 0 saturated heterocycles. The van der Waals surface area contributed by atoms with Crippen molar-refractivity contribution < 1.29 is 57.4 Å². The van der Waals surface area contributed by atoms with Gasteiger partial charge in [0.2, 0.25) is 29.5 Å². The van der Waals surface area contributed by atoms with Gasteiger partial charge in [0.15, 0.2) is 0 Å². The van der Waals surface area contributed by atoms with E-state index in [4.69, 9.17) is 32.4 Å². The predicted molar refractivity (Wildman–Crippen MR) is 317 cm³/mol. The molecule has 25 heteroatoms. The van der Waals surface area contributed by atoms with Crippen molar-refractivity contribution in [3.05, 3.63) is 0 Å². The molecule has 0 heterocycles. The Bertz CT molecular complexity index is 1820. The summed E-state index contributed by atoms with van der Waals surface area (Å²) in [6, 6.07) is 0. The average Bonchev–Trinajstić information content (AvgIpc) is 3.48. The molecule has 0 spiro atoms. The van der Waals surface area contributed by atoms with E-state index in [0.717, 1.165) is 57.8 Å². The van der Waals surface area contributed by atoms with Gasteiger partial charge in [-0.15, -0.1) is 0 Å². The van der Waals surface area contributed by atoms with Crippen LogP contribution in [0.1, 0.15) is 143 Å². The number of Topliss-reactive ketones (excluding diaryl/α,β-unsaturated/α-hetero) is 3. The number of nitrogens with zero attached hydrogens (tertiary/aromatic N) is 2. The van der Waals surface area contributed by atoms with Gasteiger partial charge in [0.25, 0.3) is 0 Å². The molecule has 0 aromatic heterocycles. The van der Waals surface area contributed by atoms with E-state index in [1.54, 1.807) is 16.7 Å². The fraction of sp³-hybridized carbons (Fsp3) is 0.825. The third kappa shape index (κ3) is 41.1. The van der Waals surface area contributed by atoms with Gasteiger partial charge in [-0.05, 0) is 25.7 Å². The maximum Gasteiger partial charge on any atom is 0.320 e. The van der Waals surface area contributed by atoms with Crippen molar-refractivity contribution >= 4 is 58.8 Å². The summed E-state index contributed by atoms with van der Waals surface area (Å²) in [6.07, 6.45) is 6.33. The van der Waals surface area contributed by atoms with Crippen LogP contribution in [-0.4, -0.2) is 206 Å². The number of nitrogens with one attached hydrogen (secondary N) is 7. The quantitative estimate of drug-likeness (QED) is 0.0271. The maximum atomic E-state index is 14.6. The zero-order chi connectivity index (χ0) is 61.2. The van der Waals surface area contributed by atoms with Gasteiger partial charge < -0.3 is 69.6 Å². The lowest BCUT2D eigenvalue weighted by atomic mass is 9.83. The Morgan fingerprint density at radius 2 is 0.780 bits per heavy atom. The fourth-order valence-electron chi connectivity index (χ4n) is 8.83. The summed E-state index contributed by atoms with van der Waals surface area (Å²) in [6.45, 7) is 13.6. The minimum atomic E-state index is -1.29. The number of unbranched alkanes of at least 4 members (excludes halogenated alkanes) is 7. The summed E-state index contributed by atoms with van der Waals surface area (Å²) in [5, 5.41) is 20.1. The highest BCUT2D eigenvalue weighted by Gasteiger charge is 2.34. The minimum absolute atomic E-state index is 0.00757. The third-order valence-corrected chi connectivity index (χ3v) is 13.6. The van der Waals surface area contributed by atoms with Gasteiger partial charge >= 0.3 is 11.9 Å². The van der Waals surface area contributed by atoms with E-state index in [-0.39, 0.29) is 84.7 Å². The molecule has 0 saturated carbocycles. The Balaban J connectivity index is 6.62. The van der Waals surface area contributed by atoms with Crippen molar-refractivity contribution in [3.63, 3.8) is 0 Å². The Labute approximate surface area is 489 Å². The summed E-state index contributed by atoms with van der Waals surface area (Å²) in [7, 11) is 0. The predicted octanol–water partition coefficient (Wildman–Crippen LogP) is -0.455. The van der Waals surface area contributed by atoms with Crippen molar-refractivity contribution in [1.29, 1.82) is 0 Å². The number of ketones is 3. The number of nitrogens with two attached hydrogens (primary N) is 4. The molecular formula is C57H109N13O12. The molecule has 0 radical (unpaired) electrons. The van der Waals surface area contributed by atoms with Gasteiger partial charge in [0.1, 0.15) is 17.3 Å². The molecule has 5 amide bonds. The van der Waals surface area contributed by atoms with E-state index in [1.807, 2.05) is 6.92 Å². The molecule has 0 rings (SSSR count). The molecule has 0 aliphatic carbocycles.